The van der Waals surface area contributed by atoms with Crippen molar-refractivity contribution in [3.8, 4) is 6.07 Å². The summed E-state index contributed by atoms with van der Waals surface area (Å²) in [5, 5.41) is 12.6. The van der Waals surface area contributed by atoms with E-state index < -0.39 is 11.8 Å². The topological polar surface area (TPSA) is 154 Å². The zero-order valence-electron chi connectivity index (χ0n) is 29.1. The van der Waals surface area contributed by atoms with Gasteiger partial charge >= 0.3 is 0 Å². The van der Waals surface area contributed by atoms with Crippen molar-refractivity contribution in [2.24, 2.45) is 11.5 Å². The van der Waals surface area contributed by atoms with Crippen LogP contribution in [0.25, 0.3) is 32.8 Å². The molecule has 8 rings (SSSR count). The molecule has 3 aromatic heterocycles. The van der Waals surface area contributed by atoms with Crippen LogP contribution in [-0.2, 0) is 13.1 Å². The summed E-state index contributed by atoms with van der Waals surface area (Å²) in [5.74, 6) is -0.753. The molecular formula is C40H42N8O4. The van der Waals surface area contributed by atoms with E-state index in [1.165, 1.54) is 16.5 Å². The summed E-state index contributed by atoms with van der Waals surface area (Å²) >= 11 is 0. The van der Waals surface area contributed by atoms with Gasteiger partial charge in [-0.2, -0.15) is 5.26 Å². The number of amides is 2. The highest BCUT2D eigenvalue weighted by atomic mass is 16.3. The Bertz CT molecular complexity index is 2310. The second kappa shape index (κ2) is 14.1. The number of hydrogen-bond acceptors (Lipinski definition) is 9. The number of benzene rings is 3. The number of aryl methyl sites for hydroxylation is 1. The van der Waals surface area contributed by atoms with E-state index in [4.69, 9.17) is 20.3 Å². The van der Waals surface area contributed by atoms with Gasteiger partial charge in [0.15, 0.2) is 11.5 Å². The van der Waals surface area contributed by atoms with Crippen LogP contribution >= 0.6 is 0 Å². The van der Waals surface area contributed by atoms with E-state index in [1.807, 2.05) is 36.4 Å². The third-order valence-corrected chi connectivity index (χ3v) is 10.6. The number of piperazine rings is 2. The fraction of sp³-hybridized carbons (Fsp3) is 0.325. The monoisotopic (exact) mass is 698 g/mol. The molecule has 0 unspecified atom stereocenters. The minimum absolute atomic E-state index is 0.178. The summed E-state index contributed by atoms with van der Waals surface area (Å²) in [6, 6.07) is 23.8. The zero-order valence-corrected chi connectivity index (χ0v) is 29.1. The lowest BCUT2D eigenvalue weighted by Gasteiger charge is -2.36. The number of aromatic nitrogens is 1. The SMILES string of the molecule is N#Cc1ccc2c(c1)c(CCCCN1CCN(c3ccc4oc(C(N)=O)cc4c3)CC1)cn2CN1CCN(c2ccc3oc(C(N)=O)cc3c2)CC1. The fourth-order valence-corrected chi connectivity index (χ4v) is 7.70. The first-order valence-electron chi connectivity index (χ1n) is 17.9. The molecule has 2 aliphatic rings. The first-order valence-corrected chi connectivity index (χ1v) is 17.9. The van der Waals surface area contributed by atoms with Crippen molar-refractivity contribution >= 4 is 56.0 Å². The van der Waals surface area contributed by atoms with Crippen LogP contribution in [0.2, 0.25) is 0 Å². The highest BCUT2D eigenvalue weighted by Gasteiger charge is 2.21. The van der Waals surface area contributed by atoms with Crippen LogP contribution in [0.1, 0.15) is 45.1 Å². The number of carbonyl (C=O) groups is 2. The maximum atomic E-state index is 11.6. The third-order valence-electron chi connectivity index (χ3n) is 10.6. The van der Waals surface area contributed by atoms with Gasteiger partial charge in [-0.05, 0) is 98.1 Å². The van der Waals surface area contributed by atoms with Gasteiger partial charge in [0.25, 0.3) is 11.8 Å². The van der Waals surface area contributed by atoms with Crippen molar-refractivity contribution in [2.75, 3.05) is 68.7 Å². The summed E-state index contributed by atoms with van der Waals surface area (Å²) in [6.45, 7) is 9.37. The number of hydrogen-bond donors (Lipinski definition) is 2. The maximum Gasteiger partial charge on any atom is 0.284 e. The number of nitrogens with two attached hydrogens (primary N) is 2. The number of primary amides is 2. The highest BCUT2D eigenvalue weighted by molar-refractivity contribution is 5.96. The molecule has 266 valence electrons. The van der Waals surface area contributed by atoms with Crippen molar-refractivity contribution in [2.45, 2.75) is 25.9 Å². The van der Waals surface area contributed by atoms with Crippen LogP contribution < -0.4 is 21.3 Å². The van der Waals surface area contributed by atoms with Crippen LogP contribution in [0.5, 0.6) is 0 Å². The molecule has 2 amide bonds. The van der Waals surface area contributed by atoms with Gasteiger partial charge in [-0.25, -0.2) is 0 Å². The summed E-state index contributed by atoms with van der Waals surface area (Å²) in [6.07, 6.45) is 5.45. The molecule has 0 atom stereocenters. The number of fused-ring (bicyclic) bond motifs is 3. The Morgan fingerprint density at radius 1 is 0.692 bits per heavy atom. The highest BCUT2D eigenvalue weighted by Crippen LogP contribution is 2.29. The van der Waals surface area contributed by atoms with E-state index in [1.54, 1.807) is 12.1 Å². The van der Waals surface area contributed by atoms with E-state index >= 15 is 0 Å². The predicted molar refractivity (Wildman–Crippen MR) is 201 cm³/mol. The Balaban J connectivity index is 0.846. The Kier molecular flexibility index (Phi) is 9.05. The number of anilines is 2. The second-order valence-electron chi connectivity index (χ2n) is 13.9. The van der Waals surface area contributed by atoms with Gasteiger partial charge < -0.3 is 34.7 Å². The van der Waals surface area contributed by atoms with E-state index in [-0.39, 0.29) is 11.5 Å². The van der Waals surface area contributed by atoms with Crippen LogP contribution in [0.15, 0.2) is 81.8 Å². The van der Waals surface area contributed by atoms with Gasteiger partial charge in [0.1, 0.15) is 11.2 Å². The molecule has 12 heteroatoms. The molecule has 12 nitrogen and oxygen atoms in total. The lowest BCUT2D eigenvalue weighted by Crippen LogP contribution is -2.46. The Morgan fingerprint density at radius 2 is 1.27 bits per heavy atom. The van der Waals surface area contributed by atoms with Gasteiger partial charge in [-0.1, -0.05) is 0 Å². The van der Waals surface area contributed by atoms with E-state index in [0.29, 0.717) is 16.7 Å². The van der Waals surface area contributed by atoms with E-state index in [0.717, 1.165) is 107 Å². The average Bonchev–Trinajstić information content (AvgIpc) is 3.89. The van der Waals surface area contributed by atoms with E-state index in [9.17, 15) is 14.9 Å². The number of rotatable bonds is 11. The van der Waals surface area contributed by atoms with Gasteiger partial charge in [0, 0.05) is 91.6 Å². The van der Waals surface area contributed by atoms with E-state index in [2.05, 4.69) is 54.6 Å². The molecule has 2 aliphatic heterocycles. The fourth-order valence-electron chi connectivity index (χ4n) is 7.70. The van der Waals surface area contributed by atoms with Crippen LogP contribution in [0.4, 0.5) is 11.4 Å². The Hall–Kier alpha value is -5.77. The smallest absolute Gasteiger partial charge is 0.284 e. The molecule has 4 N–H and O–H groups in total. The van der Waals surface area contributed by atoms with Crippen molar-refractivity contribution in [1.29, 1.82) is 5.26 Å². The Morgan fingerprint density at radius 3 is 1.83 bits per heavy atom. The van der Waals surface area contributed by atoms with Gasteiger partial charge in [0.05, 0.1) is 18.3 Å². The quantitative estimate of drug-likeness (QED) is 0.175. The molecule has 52 heavy (non-hydrogen) atoms. The average molecular weight is 699 g/mol. The summed E-state index contributed by atoms with van der Waals surface area (Å²) in [4.78, 5) is 32.8. The number of nitrogens with zero attached hydrogens (tertiary/aromatic N) is 6. The number of unbranched alkanes of at least 4 members (excludes halogenated alkanes) is 1. The van der Waals surface area contributed by atoms with Gasteiger partial charge in [-0.3, -0.25) is 19.4 Å². The first-order chi connectivity index (χ1) is 25.3. The van der Waals surface area contributed by atoms with Gasteiger partial charge in [-0.15, -0.1) is 0 Å². The van der Waals surface area contributed by atoms with Crippen LogP contribution in [-0.4, -0.2) is 85.1 Å². The minimum atomic E-state index is -0.563. The maximum absolute atomic E-state index is 11.6. The largest absolute Gasteiger partial charge is 0.451 e. The lowest BCUT2D eigenvalue weighted by molar-refractivity contribution is 0.0968. The molecule has 3 aromatic carbocycles. The van der Waals surface area contributed by atoms with Crippen LogP contribution in [0.3, 0.4) is 0 Å². The molecular weight excluding hydrogens is 656 g/mol. The van der Waals surface area contributed by atoms with Crippen molar-refractivity contribution in [3.63, 3.8) is 0 Å². The summed E-state index contributed by atoms with van der Waals surface area (Å²) < 4.78 is 13.5. The minimum Gasteiger partial charge on any atom is -0.451 e. The molecule has 0 radical (unpaired) electrons. The molecule has 0 spiro atoms. The summed E-state index contributed by atoms with van der Waals surface area (Å²) in [7, 11) is 0. The summed E-state index contributed by atoms with van der Waals surface area (Å²) in [5.41, 5.74) is 17.5. The standard InChI is InChI=1S/C40H42N8O4/c41-24-27-4-7-34-33(19-27)28(3-1-2-10-44-11-15-46(16-12-44)31-5-8-35-29(20-31)22-37(51-35)39(42)49)25-48(34)26-45-13-17-47(18-14-45)32-6-9-36-30(21-32)23-38(52-36)40(43)50/h4-9,19-23,25H,1-3,10-18,26H2,(H2,42,49)(H2,43,50). The zero-order chi connectivity index (χ0) is 35.8. The van der Waals surface area contributed by atoms with Crippen LogP contribution in [0, 0.1) is 11.3 Å². The second-order valence-corrected chi connectivity index (χ2v) is 13.9. The molecule has 2 saturated heterocycles. The molecule has 0 saturated carbocycles. The third kappa shape index (κ3) is 6.80. The van der Waals surface area contributed by atoms with Crippen molar-refractivity contribution in [3.05, 3.63) is 95.6 Å². The van der Waals surface area contributed by atoms with Gasteiger partial charge in [0.2, 0.25) is 0 Å². The predicted octanol–water partition coefficient (Wildman–Crippen LogP) is 5.13. The lowest BCUT2D eigenvalue weighted by atomic mass is 10.0. The Labute approximate surface area is 301 Å². The molecule has 2 fully saturated rings. The first kappa shape index (κ1) is 33.4. The molecule has 5 heterocycles. The normalized spacial score (nSPS) is 15.9. The van der Waals surface area contributed by atoms with Crippen molar-refractivity contribution < 1.29 is 18.4 Å². The number of carbonyl (C=O) groups excluding carboxylic acids is 2. The number of nitriles is 1. The van der Waals surface area contributed by atoms with Crippen molar-refractivity contribution in [1.82, 2.24) is 14.4 Å². The molecule has 6 aromatic rings. The molecule has 0 bridgehead atoms. The number of furan rings is 2. The molecule has 0 aliphatic carbocycles.